The van der Waals surface area contributed by atoms with E-state index in [1.54, 1.807) is 6.07 Å². The van der Waals surface area contributed by atoms with Gasteiger partial charge in [-0.2, -0.15) is 5.26 Å². The quantitative estimate of drug-likeness (QED) is 0.632. The number of pyridine rings is 1. The van der Waals surface area contributed by atoms with E-state index < -0.39 is 18.1 Å². The Hall–Kier alpha value is -1.55. The molecule has 0 fully saturated rings. The fourth-order valence-electron chi connectivity index (χ4n) is 1.37. The van der Waals surface area contributed by atoms with Crippen LogP contribution in [-0.4, -0.2) is 18.1 Å². The highest BCUT2D eigenvalue weighted by molar-refractivity contribution is 9.08. The molecule has 18 heavy (non-hydrogen) atoms. The van der Waals surface area contributed by atoms with Crippen molar-refractivity contribution in [3.8, 4) is 6.07 Å². The first-order chi connectivity index (χ1) is 8.53. The summed E-state index contributed by atoms with van der Waals surface area (Å²) in [4.78, 5) is 14.7. The van der Waals surface area contributed by atoms with Gasteiger partial charge in [-0.3, -0.25) is 4.79 Å². The maximum Gasteiger partial charge on any atom is 0.310 e. The summed E-state index contributed by atoms with van der Waals surface area (Å²) < 4.78 is 30.0. The molecule has 0 bridgehead atoms. The highest BCUT2D eigenvalue weighted by Crippen LogP contribution is 2.25. The minimum absolute atomic E-state index is 0.0733. The van der Waals surface area contributed by atoms with Crippen molar-refractivity contribution in [2.45, 2.75) is 18.2 Å². The topological polar surface area (TPSA) is 63.0 Å². The molecule has 4 nitrogen and oxygen atoms in total. The van der Waals surface area contributed by atoms with E-state index in [9.17, 15) is 13.6 Å². The maximum atomic E-state index is 12.8. The van der Waals surface area contributed by atoms with Gasteiger partial charge in [0.25, 0.3) is 6.43 Å². The molecule has 0 amide bonds. The van der Waals surface area contributed by atoms with Crippen LogP contribution in [0.3, 0.4) is 0 Å². The summed E-state index contributed by atoms with van der Waals surface area (Å²) in [6.45, 7) is 0. The Morgan fingerprint density at radius 1 is 1.61 bits per heavy atom. The summed E-state index contributed by atoms with van der Waals surface area (Å²) in [7, 11) is 1.17. The average molecular weight is 319 g/mol. The van der Waals surface area contributed by atoms with Gasteiger partial charge in [0, 0.05) is 5.33 Å². The van der Waals surface area contributed by atoms with Crippen molar-refractivity contribution in [2.75, 3.05) is 7.11 Å². The van der Waals surface area contributed by atoms with Crippen molar-refractivity contribution in [1.29, 1.82) is 5.26 Å². The molecular weight excluding hydrogens is 310 g/mol. The zero-order valence-electron chi connectivity index (χ0n) is 9.41. The summed E-state index contributed by atoms with van der Waals surface area (Å²) in [6.07, 6.45) is -3.14. The number of nitriles is 1. The van der Waals surface area contributed by atoms with Gasteiger partial charge in [-0.15, -0.1) is 0 Å². The zero-order valence-corrected chi connectivity index (χ0v) is 11.0. The summed E-state index contributed by atoms with van der Waals surface area (Å²) in [5, 5.41) is 9.10. The summed E-state index contributed by atoms with van der Waals surface area (Å²) in [6, 6.07) is 3.12. The number of carbonyl (C=O) groups excluding carboxylic acids is 1. The summed E-state index contributed by atoms with van der Waals surface area (Å²) >= 11 is 3.13. The lowest BCUT2D eigenvalue weighted by atomic mass is 10.1. The smallest absolute Gasteiger partial charge is 0.310 e. The van der Waals surface area contributed by atoms with Gasteiger partial charge in [0.1, 0.15) is 17.5 Å². The lowest BCUT2D eigenvalue weighted by Crippen LogP contribution is -2.10. The first-order valence-corrected chi connectivity index (χ1v) is 5.99. The van der Waals surface area contributed by atoms with Crippen molar-refractivity contribution >= 4 is 21.9 Å². The molecule has 1 heterocycles. The molecule has 0 aliphatic rings. The average Bonchev–Trinajstić information content (AvgIpc) is 2.37. The normalized spacial score (nSPS) is 10.2. The lowest BCUT2D eigenvalue weighted by Gasteiger charge is -2.10. The summed E-state index contributed by atoms with van der Waals surface area (Å²) in [5.41, 5.74) is -0.0939. The minimum Gasteiger partial charge on any atom is -0.469 e. The van der Waals surface area contributed by atoms with Gasteiger partial charge in [0.05, 0.1) is 13.5 Å². The Balaban J connectivity index is 3.30. The number of alkyl halides is 3. The van der Waals surface area contributed by atoms with Crippen LogP contribution in [0.2, 0.25) is 0 Å². The van der Waals surface area contributed by atoms with Gasteiger partial charge in [-0.05, 0) is 17.2 Å². The van der Waals surface area contributed by atoms with Crippen molar-refractivity contribution in [3.63, 3.8) is 0 Å². The Bertz CT molecular complexity index is 501. The standard InChI is InChI=1S/C11H9BrF2N2O2/c1-18-9(17)3-6-2-7(4-12)8(5-15)16-10(6)11(13)14/h2,11H,3-4H2,1H3. The van der Waals surface area contributed by atoms with E-state index in [0.29, 0.717) is 10.9 Å². The molecule has 7 heteroatoms. The van der Waals surface area contributed by atoms with Crippen LogP contribution in [0.25, 0.3) is 0 Å². The third kappa shape index (κ3) is 3.23. The van der Waals surface area contributed by atoms with Gasteiger partial charge >= 0.3 is 5.97 Å². The van der Waals surface area contributed by atoms with E-state index in [1.165, 1.54) is 13.2 Å². The predicted molar refractivity (Wildman–Crippen MR) is 62.3 cm³/mol. The van der Waals surface area contributed by atoms with Gasteiger partial charge < -0.3 is 4.74 Å². The second-order valence-electron chi connectivity index (χ2n) is 3.34. The number of nitrogens with zero attached hydrogens (tertiary/aromatic N) is 2. The first-order valence-electron chi connectivity index (χ1n) is 4.87. The van der Waals surface area contributed by atoms with Crippen molar-refractivity contribution in [1.82, 2.24) is 4.98 Å². The number of hydrogen-bond acceptors (Lipinski definition) is 4. The molecule has 0 saturated carbocycles. The van der Waals surface area contributed by atoms with E-state index >= 15 is 0 Å². The third-order valence-electron chi connectivity index (χ3n) is 2.23. The van der Waals surface area contributed by atoms with Crippen LogP contribution in [0.1, 0.15) is 28.9 Å². The third-order valence-corrected chi connectivity index (χ3v) is 2.84. The second kappa shape index (κ2) is 6.40. The molecule has 0 saturated heterocycles. The molecule has 0 aliphatic carbocycles. The van der Waals surface area contributed by atoms with Crippen molar-refractivity contribution < 1.29 is 18.3 Å². The van der Waals surface area contributed by atoms with Crippen LogP contribution >= 0.6 is 15.9 Å². The molecule has 1 rings (SSSR count). The van der Waals surface area contributed by atoms with Crippen LogP contribution < -0.4 is 0 Å². The Morgan fingerprint density at radius 2 is 2.28 bits per heavy atom. The molecule has 1 aromatic heterocycles. The number of methoxy groups -OCH3 is 1. The molecule has 0 atom stereocenters. The number of carbonyl (C=O) groups is 1. The number of hydrogen-bond donors (Lipinski definition) is 0. The van der Waals surface area contributed by atoms with E-state index in [0.717, 1.165) is 0 Å². The number of rotatable bonds is 4. The predicted octanol–water partition coefficient (Wildman–Crippen LogP) is 2.50. The maximum absolute atomic E-state index is 12.8. The van der Waals surface area contributed by atoms with Crippen LogP contribution in [0.15, 0.2) is 6.07 Å². The van der Waals surface area contributed by atoms with E-state index in [-0.39, 0.29) is 17.7 Å². The van der Waals surface area contributed by atoms with Crippen LogP contribution in [-0.2, 0) is 21.3 Å². The van der Waals surface area contributed by atoms with Crippen LogP contribution in [0.4, 0.5) is 8.78 Å². The van der Waals surface area contributed by atoms with Gasteiger partial charge in [-0.1, -0.05) is 15.9 Å². The van der Waals surface area contributed by atoms with Gasteiger partial charge in [-0.25, -0.2) is 13.8 Å². The SMILES string of the molecule is COC(=O)Cc1cc(CBr)c(C#N)nc1C(F)F. The number of esters is 1. The Labute approximate surface area is 111 Å². The molecular formula is C11H9BrF2N2O2. The number of aromatic nitrogens is 1. The molecule has 0 aliphatic heterocycles. The molecule has 96 valence electrons. The zero-order chi connectivity index (χ0) is 13.7. The van der Waals surface area contributed by atoms with E-state index in [1.807, 2.05) is 0 Å². The molecule has 1 aromatic rings. The van der Waals surface area contributed by atoms with Crippen molar-refractivity contribution in [3.05, 3.63) is 28.6 Å². The van der Waals surface area contributed by atoms with E-state index in [4.69, 9.17) is 5.26 Å². The lowest BCUT2D eigenvalue weighted by molar-refractivity contribution is -0.139. The Morgan fingerprint density at radius 3 is 2.72 bits per heavy atom. The fourth-order valence-corrected chi connectivity index (χ4v) is 1.80. The second-order valence-corrected chi connectivity index (χ2v) is 3.90. The molecule has 0 unspecified atom stereocenters. The fraction of sp³-hybridized carbons (Fsp3) is 0.364. The molecule has 0 N–H and O–H groups in total. The molecule has 0 spiro atoms. The van der Waals surface area contributed by atoms with E-state index in [2.05, 4.69) is 25.7 Å². The van der Waals surface area contributed by atoms with Crippen LogP contribution in [0, 0.1) is 11.3 Å². The number of halogens is 3. The highest BCUT2D eigenvalue weighted by atomic mass is 79.9. The first kappa shape index (κ1) is 14.5. The number of ether oxygens (including phenoxy) is 1. The molecule has 0 aromatic carbocycles. The minimum atomic E-state index is -2.85. The molecule has 0 radical (unpaired) electrons. The summed E-state index contributed by atoms with van der Waals surface area (Å²) in [5.74, 6) is -0.635. The van der Waals surface area contributed by atoms with Gasteiger partial charge in [0.2, 0.25) is 0 Å². The Kier molecular flexibility index (Phi) is 5.16. The van der Waals surface area contributed by atoms with Crippen LogP contribution in [0.5, 0.6) is 0 Å². The monoisotopic (exact) mass is 318 g/mol. The largest absolute Gasteiger partial charge is 0.469 e. The highest BCUT2D eigenvalue weighted by Gasteiger charge is 2.20. The van der Waals surface area contributed by atoms with Crippen molar-refractivity contribution in [2.24, 2.45) is 0 Å². The van der Waals surface area contributed by atoms with Gasteiger partial charge in [0.15, 0.2) is 0 Å².